The average Bonchev–Trinajstić information content (AvgIpc) is 3.16. The summed E-state index contributed by atoms with van der Waals surface area (Å²) in [5, 5.41) is 12.5. The molecule has 0 aliphatic rings. The Kier molecular flexibility index (Phi) is 4.22. The van der Waals surface area contributed by atoms with Crippen LogP contribution >= 0.6 is 22.9 Å². The highest BCUT2D eigenvalue weighted by molar-refractivity contribution is 7.15. The first-order chi connectivity index (χ1) is 10.7. The maximum Gasteiger partial charge on any atom is 0.293 e. The van der Waals surface area contributed by atoms with Crippen molar-refractivity contribution in [3.63, 3.8) is 0 Å². The molecular formula is C15H12ClN3O2S. The minimum absolute atomic E-state index is 0.211. The summed E-state index contributed by atoms with van der Waals surface area (Å²) in [7, 11) is 0. The van der Waals surface area contributed by atoms with E-state index in [1.807, 2.05) is 19.1 Å². The van der Waals surface area contributed by atoms with E-state index in [1.54, 1.807) is 24.3 Å². The van der Waals surface area contributed by atoms with Crippen molar-refractivity contribution in [2.75, 3.05) is 5.32 Å². The van der Waals surface area contributed by atoms with Crippen LogP contribution in [0, 0.1) is 0 Å². The summed E-state index contributed by atoms with van der Waals surface area (Å²) in [6, 6.07) is 10.6. The van der Waals surface area contributed by atoms with Crippen LogP contribution in [-0.2, 0) is 6.42 Å². The van der Waals surface area contributed by atoms with Gasteiger partial charge in [-0.05, 0) is 30.7 Å². The number of carbonyl (C=O) groups is 1. The lowest BCUT2D eigenvalue weighted by molar-refractivity contribution is 0.0997. The van der Waals surface area contributed by atoms with Crippen LogP contribution in [0.15, 0.2) is 40.8 Å². The summed E-state index contributed by atoms with van der Waals surface area (Å²) < 4.78 is 5.58. The summed E-state index contributed by atoms with van der Waals surface area (Å²) in [5.41, 5.74) is 0.815. The molecule has 1 amide bonds. The highest BCUT2D eigenvalue weighted by Crippen LogP contribution is 2.25. The maximum absolute atomic E-state index is 12.1. The van der Waals surface area contributed by atoms with Crippen molar-refractivity contribution in [1.29, 1.82) is 0 Å². The van der Waals surface area contributed by atoms with Gasteiger partial charge >= 0.3 is 0 Å². The number of aromatic nitrogens is 2. The number of nitrogens with zero attached hydrogens (tertiary/aromatic N) is 2. The summed E-state index contributed by atoms with van der Waals surface area (Å²) in [6.45, 7) is 1.98. The van der Waals surface area contributed by atoms with E-state index in [0.29, 0.717) is 15.9 Å². The lowest BCUT2D eigenvalue weighted by Gasteiger charge is -1.99. The minimum atomic E-state index is -0.355. The van der Waals surface area contributed by atoms with Gasteiger partial charge in [0.2, 0.25) is 5.13 Å². The van der Waals surface area contributed by atoms with E-state index in [0.717, 1.165) is 17.0 Å². The van der Waals surface area contributed by atoms with E-state index in [1.165, 1.54) is 11.3 Å². The fourth-order valence-electron chi connectivity index (χ4n) is 1.86. The number of aryl methyl sites for hydroxylation is 1. The SMILES string of the molecule is CCc1nnc(NC(=O)c2ccc(-c3cccc(Cl)c3)o2)s1. The zero-order valence-electron chi connectivity index (χ0n) is 11.7. The molecule has 3 rings (SSSR count). The molecule has 0 bridgehead atoms. The van der Waals surface area contributed by atoms with Gasteiger partial charge in [0.25, 0.3) is 5.91 Å². The molecule has 0 spiro atoms. The molecule has 2 heterocycles. The van der Waals surface area contributed by atoms with Gasteiger partial charge in [0.15, 0.2) is 5.76 Å². The average molecular weight is 334 g/mol. The number of benzene rings is 1. The highest BCUT2D eigenvalue weighted by Gasteiger charge is 2.14. The van der Waals surface area contributed by atoms with Gasteiger partial charge in [0, 0.05) is 10.6 Å². The van der Waals surface area contributed by atoms with E-state index in [-0.39, 0.29) is 11.7 Å². The Morgan fingerprint density at radius 2 is 2.18 bits per heavy atom. The number of halogens is 1. The predicted octanol–water partition coefficient (Wildman–Crippen LogP) is 4.27. The van der Waals surface area contributed by atoms with Gasteiger partial charge in [-0.25, -0.2) is 0 Å². The van der Waals surface area contributed by atoms with Crippen molar-refractivity contribution in [3.05, 3.63) is 52.2 Å². The molecule has 0 saturated carbocycles. The zero-order valence-corrected chi connectivity index (χ0v) is 13.2. The van der Waals surface area contributed by atoms with Crippen molar-refractivity contribution in [2.45, 2.75) is 13.3 Å². The molecule has 112 valence electrons. The first kappa shape index (κ1) is 14.7. The number of rotatable bonds is 4. The summed E-state index contributed by atoms with van der Waals surface area (Å²) in [5.74, 6) is 0.439. The van der Waals surface area contributed by atoms with Gasteiger partial charge in [-0.15, -0.1) is 10.2 Å². The highest BCUT2D eigenvalue weighted by atomic mass is 35.5. The predicted molar refractivity (Wildman–Crippen MR) is 86.4 cm³/mol. The van der Waals surface area contributed by atoms with E-state index in [9.17, 15) is 4.79 Å². The molecule has 5 nitrogen and oxygen atoms in total. The molecule has 0 aliphatic heterocycles. The lowest BCUT2D eigenvalue weighted by Crippen LogP contribution is -2.10. The largest absolute Gasteiger partial charge is 0.451 e. The van der Waals surface area contributed by atoms with Crippen molar-refractivity contribution in [3.8, 4) is 11.3 Å². The molecule has 0 radical (unpaired) electrons. The second-order valence-electron chi connectivity index (χ2n) is 4.48. The third-order valence-corrected chi connectivity index (χ3v) is 4.15. The van der Waals surface area contributed by atoms with Gasteiger partial charge in [-0.2, -0.15) is 0 Å². The summed E-state index contributed by atoms with van der Waals surface area (Å²) in [6.07, 6.45) is 0.785. The third kappa shape index (κ3) is 3.18. The Labute approximate surface area is 135 Å². The normalized spacial score (nSPS) is 10.6. The lowest BCUT2D eigenvalue weighted by atomic mass is 10.2. The van der Waals surface area contributed by atoms with Crippen LogP contribution in [0.5, 0.6) is 0 Å². The van der Waals surface area contributed by atoms with Crippen LogP contribution in [0.25, 0.3) is 11.3 Å². The fourth-order valence-corrected chi connectivity index (χ4v) is 2.73. The van der Waals surface area contributed by atoms with Crippen LogP contribution < -0.4 is 5.32 Å². The Morgan fingerprint density at radius 3 is 2.91 bits per heavy atom. The Hall–Kier alpha value is -2.18. The standard InChI is InChI=1S/C15H12ClN3O2S/c1-2-13-18-19-15(22-13)17-14(20)12-7-6-11(21-12)9-4-3-5-10(16)8-9/h3-8H,2H2,1H3,(H,17,19,20). The molecule has 0 unspecified atom stereocenters. The van der Waals surface area contributed by atoms with Crippen molar-refractivity contribution in [2.24, 2.45) is 0 Å². The number of anilines is 1. The third-order valence-electron chi connectivity index (χ3n) is 2.93. The topological polar surface area (TPSA) is 68.0 Å². The van der Waals surface area contributed by atoms with E-state index in [2.05, 4.69) is 15.5 Å². The van der Waals surface area contributed by atoms with Gasteiger partial charge in [-0.1, -0.05) is 42.0 Å². The number of nitrogens with one attached hydrogen (secondary N) is 1. The Balaban J connectivity index is 1.76. The molecule has 0 saturated heterocycles. The van der Waals surface area contributed by atoms with Crippen LogP contribution in [0.4, 0.5) is 5.13 Å². The number of amides is 1. The molecule has 0 atom stereocenters. The maximum atomic E-state index is 12.1. The molecule has 3 aromatic rings. The van der Waals surface area contributed by atoms with Crippen LogP contribution in [-0.4, -0.2) is 16.1 Å². The first-order valence-electron chi connectivity index (χ1n) is 6.65. The molecule has 7 heteroatoms. The Bertz CT molecular complexity index is 812. The van der Waals surface area contributed by atoms with Crippen LogP contribution in [0.3, 0.4) is 0 Å². The fraction of sp³-hybridized carbons (Fsp3) is 0.133. The molecule has 2 aromatic heterocycles. The van der Waals surface area contributed by atoms with Crippen molar-refractivity contribution < 1.29 is 9.21 Å². The molecule has 22 heavy (non-hydrogen) atoms. The van der Waals surface area contributed by atoms with Gasteiger partial charge < -0.3 is 4.42 Å². The smallest absolute Gasteiger partial charge is 0.293 e. The number of furan rings is 1. The summed E-state index contributed by atoms with van der Waals surface area (Å²) in [4.78, 5) is 12.1. The van der Waals surface area contributed by atoms with Gasteiger partial charge in [0.1, 0.15) is 10.8 Å². The molecule has 1 aromatic carbocycles. The van der Waals surface area contributed by atoms with Gasteiger partial charge in [0.05, 0.1) is 0 Å². The van der Waals surface area contributed by atoms with E-state index >= 15 is 0 Å². The van der Waals surface area contributed by atoms with Crippen LogP contribution in [0.1, 0.15) is 22.5 Å². The number of hydrogen-bond donors (Lipinski definition) is 1. The van der Waals surface area contributed by atoms with E-state index in [4.69, 9.17) is 16.0 Å². The van der Waals surface area contributed by atoms with Crippen molar-refractivity contribution in [1.82, 2.24) is 10.2 Å². The second kappa shape index (κ2) is 6.29. The van der Waals surface area contributed by atoms with Crippen molar-refractivity contribution >= 4 is 34.0 Å². The minimum Gasteiger partial charge on any atom is -0.451 e. The molecule has 1 N–H and O–H groups in total. The molecular weight excluding hydrogens is 322 g/mol. The second-order valence-corrected chi connectivity index (χ2v) is 5.98. The zero-order chi connectivity index (χ0) is 15.5. The van der Waals surface area contributed by atoms with Gasteiger partial charge in [-0.3, -0.25) is 10.1 Å². The number of hydrogen-bond acceptors (Lipinski definition) is 5. The number of carbonyl (C=O) groups excluding carboxylic acids is 1. The van der Waals surface area contributed by atoms with Crippen LogP contribution in [0.2, 0.25) is 5.02 Å². The Morgan fingerprint density at radius 1 is 1.32 bits per heavy atom. The van der Waals surface area contributed by atoms with E-state index < -0.39 is 0 Å². The molecule has 0 aliphatic carbocycles. The summed E-state index contributed by atoms with van der Waals surface area (Å²) >= 11 is 7.30. The monoisotopic (exact) mass is 333 g/mol. The quantitative estimate of drug-likeness (QED) is 0.774. The first-order valence-corrected chi connectivity index (χ1v) is 7.84. The molecule has 0 fully saturated rings.